The number of amides is 2. The molecule has 2 saturated heterocycles. The van der Waals surface area contributed by atoms with Crippen molar-refractivity contribution in [2.24, 2.45) is 10.5 Å². The van der Waals surface area contributed by atoms with Crippen LogP contribution >= 0.6 is 23.2 Å². The van der Waals surface area contributed by atoms with Crippen LogP contribution in [-0.2, 0) is 9.53 Å². The molecule has 0 bridgehead atoms. The number of benzene rings is 1. The van der Waals surface area contributed by atoms with Crippen molar-refractivity contribution in [2.45, 2.75) is 52.1 Å². The lowest BCUT2D eigenvalue weighted by molar-refractivity contribution is -0.121. The van der Waals surface area contributed by atoms with Gasteiger partial charge < -0.3 is 15.0 Å². The first-order valence-electron chi connectivity index (χ1n) is 11.8. The van der Waals surface area contributed by atoms with E-state index in [9.17, 15) is 9.59 Å². The summed E-state index contributed by atoms with van der Waals surface area (Å²) < 4.78 is 5.54. The Morgan fingerprint density at radius 2 is 1.79 bits per heavy atom. The molecule has 1 spiro atoms. The molecular weight excluding hydrogens is 477 g/mol. The maximum Gasteiger partial charge on any atom is 0.410 e. The van der Waals surface area contributed by atoms with Gasteiger partial charge in [0, 0.05) is 26.1 Å². The van der Waals surface area contributed by atoms with Crippen LogP contribution in [0.25, 0.3) is 0 Å². The predicted molar refractivity (Wildman–Crippen MR) is 135 cm³/mol. The standard InChI is InChI=1S/C24H33Cl2N5O3/c1-23(2,3)34-22(33)30-13-9-24(16-30)7-11-29(12-8-24)15-21(32)27-20-6-10-31(28-20)17-4-5-18(25)19(26)14-17/h4-5,14H,6-13,15-16H2,1-3H3,(H,27,28,32). The number of nitrogens with zero attached hydrogens (tertiary/aromatic N) is 4. The van der Waals surface area contributed by atoms with Gasteiger partial charge in [-0.15, -0.1) is 0 Å². The van der Waals surface area contributed by atoms with Crippen LogP contribution in [0.1, 0.15) is 46.5 Å². The van der Waals surface area contributed by atoms with Gasteiger partial charge in [0.15, 0.2) is 0 Å². The summed E-state index contributed by atoms with van der Waals surface area (Å²) in [6, 6.07) is 5.37. The number of likely N-dealkylation sites (tertiary alicyclic amines) is 2. The quantitative estimate of drug-likeness (QED) is 0.654. The highest BCUT2D eigenvalue weighted by atomic mass is 35.5. The predicted octanol–water partition coefficient (Wildman–Crippen LogP) is 4.36. The van der Waals surface area contributed by atoms with Crippen molar-refractivity contribution in [3.8, 4) is 0 Å². The van der Waals surface area contributed by atoms with Gasteiger partial charge in [-0.25, -0.2) is 4.79 Å². The summed E-state index contributed by atoms with van der Waals surface area (Å²) in [5.41, 5.74) is 0.503. The van der Waals surface area contributed by atoms with E-state index in [1.165, 1.54) is 0 Å². The average molecular weight is 510 g/mol. The third kappa shape index (κ3) is 6.15. The molecule has 34 heavy (non-hydrogen) atoms. The summed E-state index contributed by atoms with van der Waals surface area (Å²) in [6.07, 6.45) is 3.39. The molecule has 1 aromatic rings. The van der Waals surface area contributed by atoms with Crippen molar-refractivity contribution in [3.63, 3.8) is 0 Å². The lowest BCUT2D eigenvalue weighted by atomic mass is 9.78. The van der Waals surface area contributed by atoms with E-state index in [1.807, 2.05) is 36.7 Å². The average Bonchev–Trinajstić information content (AvgIpc) is 3.38. The first kappa shape index (κ1) is 25.1. The Balaban J connectivity index is 1.23. The third-order valence-electron chi connectivity index (χ3n) is 6.66. The number of amidine groups is 1. The second-order valence-corrected chi connectivity index (χ2v) is 11.3. The summed E-state index contributed by atoms with van der Waals surface area (Å²) in [6.45, 7) is 9.86. The number of anilines is 1. The fourth-order valence-electron chi connectivity index (χ4n) is 4.79. The summed E-state index contributed by atoms with van der Waals surface area (Å²) in [4.78, 5) is 29.1. The number of ether oxygens (including phenoxy) is 1. The Morgan fingerprint density at radius 3 is 2.47 bits per heavy atom. The number of hydrogen-bond acceptors (Lipinski definition) is 6. The highest BCUT2D eigenvalue weighted by molar-refractivity contribution is 6.42. The summed E-state index contributed by atoms with van der Waals surface area (Å²) in [5.74, 6) is 0.612. The molecule has 3 heterocycles. The highest BCUT2D eigenvalue weighted by Crippen LogP contribution is 2.40. The SMILES string of the molecule is CC(C)(C)OC(=O)N1CCC2(CCN(CC(=O)NC3=NN(c4ccc(Cl)c(Cl)c4)CC3)CC2)C1. The van der Waals surface area contributed by atoms with Crippen molar-refractivity contribution in [2.75, 3.05) is 44.3 Å². The minimum Gasteiger partial charge on any atom is -0.444 e. The van der Waals surface area contributed by atoms with E-state index >= 15 is 0 Å². The van der Waals surface area contributed by atoms with E-state index in [0.717, 1.165) is 51.1 Å². The van der Waals surface area contributed by atoms with Gasteiger partial charge in [0.1, 0.15) is 11.4 Å². The molecule has 10 heteroatoms. The molecular formula is C24H33Cl2N5O3. The van der Waals surface area contributed by atoms with Crippen LogP contribution in [0, 0.1) is 5.41 Å². The Morgan fingerprint density at radius 1 is 1.09 bits per heavy atom. The van der Waals surface area contributed by atoms with Crippen molar-refractivity contribution in [1.82, 2.24) is 15.1 Å². The fraction of sp³-hybridized carbons (Fsp3) is 0.625. The number of piperidine rings is 1. The lowest BCUT2D eigenvalue weighted by Gasteiger charge is -2.39. The first-order valence-corrected chi connectivity index (χ1v) is 12.6. The summed E-state index contributed by atoms with van der Waals surface area (Å²) in [7, 11) is 0. The van der Waals surface area contributed by atoms with Gasteiger partial charge in [-0.1, -0.05) is 23.2 Å². The molecule has 3 aliphatic rings. The zero-order valence-corrected chi connectivity index (χ0v) is 21.6. The van der Waals surface area contributed by atoms with Crippen LogP contribution in [0.3, 0.4) is 0 Å². The summed E-state index contributed by atoms with van der Waals surface area (Å²) >= 11 is 12.1. The maximum atomic E-state index is 12.6. The van der Waals surface area contributed by atoms with Gasteiger partial charge in [-0.05, 0) is 76.7 Å². The van der Waals surface area contributed by atoms with Crippen molar-refractivity contribution < 1.29 is 14.3 Å². The summed E-state index contributed by atoms with van der Waals surface area (Å²) in [5, 5.41) is 10.3. The zero-order chi connectivity index (χ0) is 24.5. The van der Waals surface area contributed by atoms with E-state index < -0.39 is 5.60 Å². The topological polar surface area (TPSA) is 77.5 Å². The van der Waals surface area contributed by atoms with Crippen molar-refractivity contribution in [3.05, 3.63) is 28.2 Å². The smallest absolute Gasteiger partial charge is 0.410 e. The molecule has 0 unspecified atom stereocenters. The minimum atomic E-state index is -0.480. The number of nitrogens with one attached hydrogen (secondary N) is 1. The fourth-order valence-corrected chi connectivity index (χ4v) is 5.08. The van der Waals surface area contributed by atoms with Gasteiger partial charge in [0.25, 0.3) is 0 Å². The molecule has 0 radical (unpaired) electrons. The highest BCUT2D eigenvalue weighted by Gasteiger charge is 2.43. The zero-order valence-electron chi connectivity index (χ0n) is 20.1. The molecule has 1 aromatic carbocycles. The number of carbonyl (C=O) groups excluding carboxylic acids is 2. The Kier molecular flexibility index (Phi) is 7.31. The first-order chi connectivity index (χ1) is 16.0. The molecule has 2 amide bonds. The third-order valence-corrected chi connectivity index (χ3v) is 7.40. The monoisotopic (exact) mass is 509 g/mol. The van der Waals surface area contributed by atoms with Crippen molar-refractivity contribution in [1.29, 1.82) is 0 Å². The van der Waals surface area contributed by atoms with Gasteiger partial charge in [0.2, 0.25) is 5.91 Å². The van der Waals surface area contributed by atoms with Crippen molar-refractivity contribution >= 4 is 46.7 Å². The molecule has 1 N–H and O–H groups in total. The molecule has 3 aliphatic heterocycles. The van der Waals surface area contributed by atoms with E-state index in [4.69, 9.17) is 27.9 Å². The van der Waals surface area contributed by atoms with Crippen LogP contribution < -0.4 is 10.3 Å². The molecule has 0 aliphatic carbocycles. The minimum absolute atomic E-state index is 0.0486. The molecule has 8 nitrogen and oxygen atoms in total. The van der Waals surface area contributed by atoms with E-state index in [-0.39, 0.29) is 17.4 Å². The largest absolute Gasteiger partial charge is 0.444 e. The van der Waals surface area contributed by atoms with E-state index in [2.05, 4.69) is 15.3 Å². The molecule has 0 atom stereocenters. The van der Waals surface area contributed by atoms with Gasteiger partial charge in [0.05, 0.1) is 22.3 Å². The number of hydrogen-bond donors (Lipinski definition) is 1. The molecule has 0 saturated carbocycles. The number of carbonyl (C=O) groups is 2. The second kappa shape index (κ2) is 9.91. The molecule has 186 valence electrons. The number of hydrazone groups is 1. The Bertz CT molecular complexity index is 970. The number of halogens is 2. The lowest BCUT2D eigenvalue weighted by Crippen LogP contribution is -2.46. The number of rotatable bonds is 3. The van der Waals surface area contributed by atoms with Gasteiger partial charge in [-0.2, -0.15) is 5.10 Å². The molecule has 0 aromatic heterocycles. The van der Waals surface area contributed by atoms with Crippen LogP contribution in [0.2, 0.25) is 10.0 Å². The second-order valence-electron chi connectivity index (χ2n) is 10.5. The van der Waals surface area contributed by atoms with Gasteiger partial charge >= 0.3 is 6.09 Å². The maximum absolute atomic E-state index is 12.6. The molecule has 2 fully saturated rings. The Labute approximate surface area is 211 Å². The van der Waals surface area contributed by atoms with E-state index in [0.29, 0.717) is 35.4 Å². The molecule has 4 rings (SSSR count). The van der Waals surface area contributed by atoms with Crippen LogP contribution in [-0.4, -0.2) is 72.5 Å². The van der Waals surface area contributed by atoms with Crippen LogP contribution in [0.5, 0.6) is 0 Å². The normalized spacial score (nSPS) is 20.6. The van der Waals surface area contributed by atoms with Crippen LogP contribution in [0.4, 0.5) is 10.5 Å². The van der Waals surface area contributed by atoms with Crippen LogP contribution in [0.15, 0.2) is 23.3 Å². The van der Waals surface area contributed by atoms with Gasteiger partial charge in [-0.3, -0.25) is 14.7 Å². The van der Waals surface area contributed by atoms with E-state index in [1.54, 1.807) is 12.1 Å². The Hall–Kier alpha value is -2.03.